The number of carbonyl (C=O) groups excluding carboxylic acids is 1. The molecule has 0 unspecified atom stereocenters. The van der Waals surface area contributed by atoms with Crippen LogP contribution in [0.25, 0.3) is 0 Å². The van der Waals surface area contributed by atoms with E-state index < -0.39 is 10.8 Å². The van der Waals surface area contributed by atoms with Crippen LogP contribution in [0.15, 0.2) is 22.7 Å². The zero-order valence-electron chi connectivity index (χ0n) is 11.4. The minimum absolute atomic E-state index is 0.0159. The van der Waals surface area contributed by atoms with Gasteiger partial charge >= 0.3 is 0 Å². The van der Waals surface area contributed by atoms with E-state index in [2.05, 4.69) is 15.9 Å². The van der Waals surface area contributed by atoms with E-state index in [0.717, 1.165) is 10.0 Å². The van der Waals surface area contributed by atoms with Crippen LogP contribution in [-0.2, 0) is 10.8 Å². The van der Waals surface area contributed by atoms with Gasteiger partial charge < -0.3 is 4.90 Å². The van der Waals surface area contributed by atoms with Gasteiger partial charge in [0.25, 0.3) is 5.91 Å². The zero-order valence-corrected chi connectivity index (χ0v) is 13.8. The standard InChI is InChI=1S/C14H18BrNO2S/c1-9-4-5-12(8-13(9)15)14(17)16-6-7-19(18)11(3)10(16)2/h4-5,8,10-11H,6-7H2,1-3H3/t10-,11+,19+/m0/s1. The van der Waals surface area contributed by atoms with Crippen LogP contribution in [0.5, 0.6) is 0 Å². The molecule has 0 N–H and O–H groups in total. The smallest absolute Gasteiger partial charge is 0.254 e. The van der Waals surface area contributed by atoms with Crippen LogP contribution in [0, 0.1) is 6.92 Å². The third-order valence-electron chi connectivity index (χ3n) is 3.80. The van der Waals surface area contributed by atoms with Crippen molar-refractivity contribution in [2.45, 2.75) is 32.1 Å². The van der Waals surface area contributed by atoms with E-state index in [1.807, 2.05) is 43.9 Å². The van der Waals surface area contributed by atoms with Gasteiger partial charge in [0.1, 0.15) is 0 Å². The Labute approximate surface area is 125 Å². The second-order valence-corrected chi connectivity index (χ2v) is 7.76. The highest BCUT2D eigenvalue weighted by Gasteiger charge is 2.33. The quantitative estimate of drug-likeness (QED) is 0.786. The Morgan fingerprint density at radius 1 is 1.42 bits per heavy atom. The van der Waals surface area contributed by atoms with Crippen molar-refractivity contribution in [3.05, 3.63) is 33.8 Å². The first-order valence-electron chi connectivity index (χ1n) is 6.36. The summed E-state index contributed by atoms with van der Waals surface area (Å²) in [5.74, 6) is 0.598. The number of benzene rings is 1. The maximum Gasteiger partial charge on any atom is 0.254 e. The highest BCUT2D eigenvalue weighted by Crippen LogP contribution is 2.22. The predicted octanol–water partition coefficient (Wildman–Crippen LogP) is 2.74. The number of amides is 1. The van der Waals surface area contributed by atoms with E-state index in [-0.39, 0.29) is 17.2 Å². The van der Waals surface area contributed by atoms with Gasteiger partial charge in [0, 0.05) is 39.2 Å². The fraction of sp³-hybridized carbons (Fsp3) is 0.500. The highest BCUT2D eigenvalue weighted by atomic mass is 79.9. The number of aryl methyl sites for hydroxylation is 1. The summed E-state index contributed by atoms with van der Waals surface area (Å²) in [6, 6.07) is 5.67. The first-order valence-corrected chi connectivity index (χ1v) is 8.53. The molecule has 19 heavy (non-hydrogen) atoms. The molecule has 1 heterocycles. The second kappa shape index (κ2) is 5.75. The Morgan fingerprint density at radius 2 is 2.11 bits per heavy atom. The molecule has 3 atom stereocenters. The van der Waals surface area contributed by atoms with Gasteiger partial charge in [-0.25, -0.2) is 0 Å². The first-order chi connectivity index (χ1) is 8.91. The minimum Gasteiger partial charge on any atom is -0.334 e. The van der Waals surface area contributed by atoms with E-state index in [4.69, 9.17) is 0 Å². The number of carbonyl (C=O) groups is 1. The lowest BCUT2D eigenvalue weighted by Gasteiger charge is -2.37. The van der Waals surface area contributed by atoms with Crippen molar-refractivity contribution in [2.24, 2.45) is 0 Å². The summed E-state index contributed by atoms with van der Waals surface area (Å²) in [5.41, 5.74) is 1.79. The Kier molecular flexibility index (Phi) is 4.46. The Balaban J connectivity index is 2.24. The summed E-state index contributed by atoms with van der Waals surface area (Å²) in [5, 5.41) is 0.0339. The molecule has 0 radical (unpaired) electrons. The maximum absolute atomic E-state index is 12.5. The summed E-state index contributed by atoms with van der Waals surface area (Å²) in [7, 11) is -0.820. The number of hydrogen-bond donors (Lipinski definition) is 0. The molecule has 104 valence electrons. The van der Waals surface area contributed by atoms with Gasteiger partial charge in [-0.2, -0.15) is 0 Å². The molecule has 1 aliphatic heterocycles. The molecule has 1 amide bonds. The molecular weight excluding hydrogens is 326 g/mol. The van der Waals surface area contributed by atoms with E-state index in [0.29, 0.717) is 17.9 Å². The van der Waals surface area contributed by atoms with Gasteiger partial charge in [-0.1, -0.05) is 22.0 Å². The summed E-state index contributed by atoms with van der Waals surface area (Å²) in [6.07, 6.45) is 0. The summed E-state index contributed by atoms with van der Waals surface area (Å²) >= 11 is 3.46. The lowest BCUT2D eigenvalue weighted by Crippen LogP contribution is -2.52. The van der Waals surface area contributed by atoms with Crippen molar-refractivity contribution in [3.8, 4) is 0 Å². The van der Waals surface area contributed by atoms with E-state index in [9.17, 15) is 9.00 Å². The van der Waals surface area contributed by atoms with Crippen molar-refractivity contribution in [1.29, 1.82) is 0 Å². The van der Waals surface area contributed by atoms with E-state index in [1.165, 1.54) is 0 Å². The van der Waals surface area contributed by atoms with Crippen LogP contribution < -0.4 is 0 Å². The molecule has 3 nitrogen and oxygen atoms in total. The molecule has 1 fully saturated rings. The normalized spacial score (nSPS) is 27.4. The van der Waals surface area contributed by atoms with Crippen LogP contribution in [0.4, 0.5) is 0 Å². The topological polar surface area (TPSA) is 37.4 Å². The second-order valence-electron chi connectivity index (χ2n) is 4.99. The molecule has 5 heteroatoms. The van der Waals surface area contributed by atoms with Crippen LogP contribution in [0.2, 0.25) is 0 Å². The lowest BCUT2D eigenvalue weighted by atomic mass is 10.1. The highest BCUT2D eigenvalue weighted by molar-refractivity contribution is 9.10. The van der Waals surface area contributed by atoms with Crippen molar-refractivity contribution >= 4 is 32.6 Å². The average molecular weight is 344 g/mol. The predicted molar refractivity (Wildman–Crippen MR) is 81.8 cm³/mol. The Hall–Kier alpha value is -0.680. The van der Waals surface area contributed by atoms with E-state index in [1.54, 1.807) is 0 Å². The summed E-state index contributed by atoms with van der Waals surface area (Å²) < 4.78 is 12.7. The third kappa shape index (κ3) is 2.92. The third-order valence-corrected chi connectivity index (χ3v) is 6.46. The molecule has 1 aliphatic rings. The van der Waals surface area contributed by atoms with Crippen LogP contribution >= 0.6 is 15.9 Å². The van der Waals surface area contributed by atoms with Crippen LogP contribution in [0.3, 0.4) is 0 Å². The molecule has 2 rings (SSSR count). The first kappa shape index (κ1) is 14.7. The van der Waals surface area contributed by atoms with Gasteiger partial charge in [-0.05, 0) is 38.5 Å². The SMILES string of the molecule is Cc1ccc(C(=O)N2CC[S@@](=O)[C@H](C)[C@@H]2C)cc1Br. The molecule has 0 aromatic heterocycles. The molecule has 1 aromatic carbocycles. The molecule has 1 aromatic rings. The van der Waals surface area contributed by atoms with Gasteiger partial charge in [0.15, 0.2) is 0 Å². The molecule has 0 saturated carbocycles. The van der Waals surface area contributed by atoms with Crippen molar-refractivity contribution < 1.29 is 9.00 Å². The number of rotatable bonds is 1. The van der Waals surface area contributed by atoms with Crippen LogP contribution in [-0.4, -0.2) is 38.6 Å². The van der Waals surface area contributed by atoms with Crippen molar-refractivity contribution in [2.75, 3.05) is 12.3 Å². The number of hydrogen-bond acceptors (Lipinski definition) is 2. The minimum atomic E-state index is -0.820. The summed E-state index contributed by atoms with van der Waals surface area (Å²) in [6.45, 7) is 6.49. The van der Waals surface area contributed by atoms with Gasteiger partial charge in [-0.15, -0.1) is 0 Å². The molecular formula is C14H18BrNO2S. The largest absolute Gasteiger partial charge is 0.334 e. The fourth-order valence-corrected chi connectivity index (χ4v) is 3.94. The van der Waals surface area contributed by atoms with Gasteiger partial charge in [-0.3, -0.25) is 9.00 Å². The molecule has 0 aliphatic carbocycles. The average Bonchev–Trinajstić information content (AvgIpc) is 2.39. The monoisotopic (exact) mass is 343 g/mol. The molecule has 0 bridgehead atoms. The summed E-state index contributed by atoms with van der Waals surface area (Å²) in [4.78, 5) is 14.4. The van der Waals surface area contributed by atoms with Gasteiger partial charge in [0.05, 0.1) is 5.25 Å². The Bertz CT molecular complexity index is 532. The number of halogens is 1. The Morgan fingerprint density at radius 3 is 2.74 bits per heavy atom. The van der Waals surface area contributed by atoms with Gasteiger partial charge in [0.2, 0.25) is 0 Å². The molecule has 0 spiro atoms. The van der Waals surface area contributed by atoms with Crippen molar-refractivity contribution in [3.63, 3.8) is 0 Å². The maximum atomic E-state index is 12.5. The lowest BCUT2D eigenvalue weighted by molar-refractivity contribution is 0.0695. The number of nitrogens with zero attached hydrogens (tertiary/aromatic N) is 1. The zero-order chi connectivity index (χ0) is 14.2. The van der Waals surface area contributed by atoms with E-state index >= 15 is 0 Å². The van der Waals surface area contributed by atoms with Crippen LogP contribution in [0.1, 0.15) is 29.8 Å². The fourth-order valence-electron chi connectivity index (χ4n) is 2.23. The molecule has 1 saturated heterocycles. The van der Waals surface area contributed by atoms with Crippen molar-refractivity contribution in [1.82, 2.24) is 4.90 Å².